The first kappa shape index (κ1) is 33.2. The molecule has 9 nitrogen and oxygen atoms in total. The first-order valence-corrected chi connectivity index (χ1v) is 14.6. The van der Waals surface area contributed by atoms with E-state index in [9.17, 15) is 22.8 Å². The molecule has 6 aromatic rings. The molecule has 6 N–H and O–H groups in total. The van der Waals surface area contributed by atoms with Crippen molar-refractivity contribution in [3.8, 4) is 5.75 Å². The van der Waals surface area contributed by atoms with Crippen molar-refractivity contribution in [2.75, 3.05) is 0 Å². The molecule has 0 aliphatic heterocycles. The number of carbonyl (C=O) groups is 2. The average Bonchev–Trinajstić information content (AvgIpc) is 3.63. The number of hydrogen-bond donors (Lipinski definition) is 4. The lowest BCUT2D eigenvalue weighted by Gasteiger charge is -2.13. The van der Waals surface area contributed by atoms with E-state index in [0.717, 1.165) is 50.8 Å². The van der Waals surface area contributed by atoms with Gasteiger partial charge in [-0.3, -0.25) is 9.59 Å². The molecule has 0 spiro atoms. The maximum Gasteiger partial charge on any atom is 0.573 e. The Morgan fingerprint density at radius 2 is 1.23 bits per heavy atom. The van der Waals surface area contributed by atoms with E-state index in [1.165, 1.54) is 17.7 Å². The van der Waals surface area contributed by atoms with Crippen LogP contribution in [0.3, 0.4) is 0 Å². The van der Waals surface area contributed by atoms with E-state index in [-0.39, 0.29) is 11.3 Å². The van der Waals surface area contributed by atoms with Gasteiger partial charge in [0, 0.05) is 57.8 Å². The van der Waals surface area contributed by atoms with E-state index < -0.39 is 18.2 Å². The number of nitrogens with zero attached hydrogens (tertiary/aromatic N) is 2. The van der Waals surface area contributed by atoms with Crippen LogP contribution in [0.4, 0.5) is 13.2 Å². The molecule has 0 fully saturated rings. The summed E-state index contributed by atoms with van der Waals surface area (Å²) >= 11 is 0. The quantitative estimate of drug-likeness (QED) is 0.137. The molecule has 0 bridgehead atoms. The number of nitrogens with two attached hydrogens (primary N) is 2. The zero-order chi connectivity index (χ0) is 34.6. The van der Waals surface area contributed by atoms with E-state index >= 15 is 0 Å². The molecule has 6 rings (SSSR count). The number of nitrogens with one attached hydrogen (secondary N) is 2. The third kappa shape index (κ3) is 7.61. The Hall–Kier alpha value is -6.17. The fraction of sp³-hybridized carbons (Fsp3) is 0.111. The van der Waals surface area contributed by atoms with Gasteiger partial charge in [-0.25, -0.2) is 9.97 Å². The average molecular weight is 653 g/mol. The number of alkyl halides is 3. The summed E-state index contributed by atoms with van der Waals surface area (Å²) < 4.78 is 40.4. The van der Waals surface area contributed by atoms with Crippen LogP contribution in [0.15, 0.2) is 85.5 Å². The third-order valence-corrected chi connectivity index (χ3v) is 7.44. The smallest absolute Gasteiger partial charge is 0.406 e. The summed E-state index contributed by atoms with van der Waals surface area (Å²) in [5, 5.41) is 1.76. The molecule has 12 heteroatoms. The topological polar surface area (TPSA) is 153 Å². The highest BCUT2D eigenvalue weighted by atomic mass is 19.4. The summed E-state index contributed by atoms with van der Waals surface area (Å²) in [6, 6.07) is 16.5. The molecule has 0 radical (unpaired) electrons. The van der Waals surface area contributed by atoms with Gasteiger partial charge in [0.05, 0.1) is 0 Å². The Morgan fingerprint density at radius 3 is 1.69 bits per heavy atom. The molecule has 2 aromatic carbocycles. The van der Waals surface area contributed by atoms with E-state index in [1.54, 1.807) is 30.7 Å². The van der Waals surface area contributed by atoms with Crippen molar-refractivity contribution in [3.05, 3.63) is 124 Å². The molecular weight excluding hydrogens is 621 g/mol. The number of H-pyrrole nitrogens is 2. The number of aryl methyl sites for hydroxylation is 3. The molecule has 4 aromatic heterocycles. The summed E-state index contributed by atoms with van der Waals surface area (Å²) in [6.45, 7) is 6.05. The van der Waals surface area contributed by atoms with Crippen LogP contribution in [0.1, 0.15) is 38.9 Å². The molecule has 0 saturated heterocycles. The number of hydrogen-bond acceptors (Lipinski definition) is 5. The summed E-state index contributed by atoms with van der Waals surface area (Å²) in [5.41, 5.74) is 19.3. The monoisotopic (exact) mass is 652 g/mol. The Kier molecular flexibility index (Phi) is 9.46. The van der Waals surface area contributed by atoms with Crippen LogP contribution in [-0.2, 0) is 9.59 Å². The second-order valence-corrected chi connectivity index (χ2v) is 11.0. The van der Waals surface area contributed by atoms with Crippen LogP contribution >= 0.6 is 0 Å². The van der Waals surface area contributed by atoms with Crippen molar-refractivity contribution in [2.45, 2.75) is 27.1 Å². The van der Waals surface area contributed by atoms with Crippen molar-refractivity contribution < 1.29 is 27.5 Å². The molecule has 48 heavy (non-hydrogen) atoms. The second-order valence-electron chi connectivity index (χ2n) is 11.0. The summed E-state index contributed by atoms with van der Waals surface area (Å²) in [6.07, 6.45) is 5.49. The van der Waals surface area contributed by atoms with E-state index in [1.807, 2.05) is 51.2 Å². The minimum Gasteiger partial charge on any atom is -0.406 e. The molecule has 0 saturated carbocycles. The van der Waals surface area contributed by atoms with Gasteiger partial charge < -0.3 is 26.2 Å². The molecule has 0 unspecified atom stereocenters. The summed E-state index contributed by atoms with van der Waals surface area (Å²) in [4.78, 5) is 38.4. The summed E-state index contributed by atoms with van der Waals surface area (Å²) in [5.74, 6) is -1.52. The van der Waals surface area contributed by atoms with Crippen molar-refractivity contribution in [3.63, 3.8) is 0 Å². The lowest BCUT2D eigenvalue weighted by atomic mass is 9.92. The number of ether oxygens (including phenoxy) is 1. The van der Waals surface area contributed by atoms with Gasteiger partial charge in [0.15, 0.2) is 0 Å². The van der Waals surface area contributed by atoms with Crippen molar-refractivity contribution >= 4 is 57.2 Å². The van der Waals surface area contributed by atoms with Gasteiger partial charge in [0.25, 0.3) is 0 Å². The van der Waals surface area contributed by atoms with Crippen LogP contribution in [0.25, 0.3) is 45.4 Å². The molecule has 0 aliphatic carbocycles. The fourth-order valence-corrected chi connectivity index (χ4v) is 5.51. The Balaban J connectivity index is 0.000000188. The molecular formula is C36H31F3N6O3. The number of benzene rings is 2. The van der Waals surface area contributed by atoms with E-state index in [2.05, 4.69) is 36.8 Å². The zero-order valence-electron chi connectivity index (χ0n) is 26.1. The van der Waals surface area contributed by atoms with Crippen molar-refractivity contribution in [1.82, 2.24) is 19.9 Å². The van der Waals surface area contributed by atoms with Gasteiger partial charge in [-0.2, -0.15) is 0 Å². The Morgan fingerprint density at radius 1 is 0.750 bits per heavy atom. The second kappa shape index (κ2) is 13.7. The van der Waals surface area contributed by atoms with Gasteiger partial charge in [0.1, 0.15) is 17.0 Å². The first-order valence-electron chi connectivity index (χ1n) is 14.6. The zero-order valence-corrected chi connectivity index (χ0v) is 26.1. The Labute approximate surface area is 273 Å². The van der Waals surface area contributed by atoms with Crippen LogP contribution in [0.2, 0.25) is 0 Å². The van der Waals surface area contributed by atoms with E-state index in [4.69, 9.17) is 11.5 Å². The lowest BCUT2D eigenvalue weighted by Crippen LogP contribution is -2.17. The Bertz CT molecular complexity index is 2170. The minimum absolute atomic E-state index is 0.156. The number of pyridine rings is 2. The van der Waals surface area contributed by atoms with E-state index in [0.29, 0.717) is 22.3 Å². The SMILES string of the molecule is Cc1cc(C)c(/C(=C/c2c[nH]c3ncccc23)C(N)=O)c(C)c1.NC(=O)/C(=C/c1c[nH]c2ncccc12)c1ccc(OC(F)(F)F)cc1. The lowest BCUT2D eigenvalue weighted by molar-refractivity contribution is -0.274. The maximum absolute atomic E-state index is 12.2. The number of primary amides is 2. The number of amides is 2. The predicted molar refractivity (Wildman–Crippen MR) is 180 cm³/mol. The standard InChI is InChI=1S/C19H19N3O.C17H12F3N3O2/c1-11-7-12(2)17(13(3)8-11)16(18(20)23)9-14-10-22-19-15(14)5-4-6-21-19;18-17(19,20)25-12-5-3-10(4-6-12)14(15(21)24)8-11-9-23-16-13(11)2-1-7-22-16/h4-10H,1-3H3,(H2,20,23)(H,21,22);1-9H,(H2,21,24)(H,22,23)/b16-9-;14-8+. The van der Waals surface area contributed by atoms with Crippen LogP contribution in [0, 0.1) is 20.8 Å². The molecule has 244 valence electrons. The fourth-order valence-electron chi connectivity index (χ4n) is 5.51. The highest BCUT2D eigenvalue weighted by molar-refractivity contribution is 6.25. The molecule has 0 atom stereocenters. The number of aromatic amines is 2. The van der Waals surface area contributed by atoms with Gasteiger partial charge in [0.2, 0.25) is 11.8 Å². The predicted octanol–water partition coefficient (Wildman–Crippen LogP) is 7.00. The normalized spacial score (nSPS) is 12.1. The molecule has 2 amide bonds. The van der Waals surface area contributed by atoms with Gasteiger partial charge in [-0.1, -0.05) is 29.8 Å². The number of aromatic nitrogens is 4. The van der Waals surface area contributed by atoms with Crippen LogP contribution in [0.5, 0.6) is 5.75 Å². The largest absolute Gasteiger partial charge is 0.573 e. The number of rotatable bonds is 7. The van der Waals surface area contributed by atoms with Crippen molar-refractivity contribution in [2.24, 2.45) is 11.5 Å². The number of halogens is 3. The maximum atomic E-state index is 12.2. The van der Waals surface area contributed by atoms with Crippen molar-refractivity contribution in [1.29, 1.82) is 0 Å². The molecule has 0 aliphatic rings. The van der Waals surface area contributed by atoms with Gasteiger partial charge in [-0.05, 0) is 91.6 Å². The van der Waals surface area contributed by atoms with Crippen LogP contribution in [-0.4, -0.2) is 38.1 Å². The van der Waals surface area contributed by atoms with Gasteiger partial charge in [-0.15, -0.1) is 13.2 Å². The first-order chi connectivity index (χ1) is 22.8. The minimum atomic E-state index is -4.78. The summed E-state index contributed by atoms with van der Waals surface area (Å²) in [7, 11) is 0. The van der Waals surface area contributed by atoms with Gasteiger partial charge >= 0.3 is 6.36 Å². The molecule has 4 heterocycles. The number of fused-ring (bicyclic) bond motifs is 2. The number of carbonyl (C=O) groups excluding carboxylic acids is 2. The third-order valence-electron chi connectivity index (χ3n) is 7.44. The highest BCUT2D eigenvalue weighted by Crippen LogP contribution is 2.29. The van der Waals surface area contributed by atoms with Crippen LogP contribution < -0.4 is 16.2 Å². The highest BCUT2D eigenvalue weighted by Gasteiger charge is 2.31.